The van der Waals surface area contributed by atoms with Gasteiger partial charge in [-0.05, 0) is 50.5 Å². The number of hydrogen-bond acceptors (Lipinski definition) is 6. The number of ether oxygens (including phenoxy) is 1. The molecule has 3 heterocycles. The Bertz CT molecular complexity index is 1110. The quantitative estimate of drug-likeness (QED) is 0.450. The number of pyridine rings is 2. The first-order valence-corrected chi connectivity index (χ1v) is 9.61. The Morgan fingerprint density at radius 2 is 2.14 bits per heavy atom. The van der Waals surface area contributed by atoms with Gasteiger partial charge in [-0.25, -0.2) is 9.67 Å². The molecular weight excluding hydrogens is 366 g/mol. The summed E-state index contributed by atoms with van der Waals surface area (Å²) in [6.07, 6.45) is 9.14. The van der Waals surface area contributed by atoms with E-state index in [1.165, 1.54) is 6.08 Å². The number of aromatic nitrogens is 4. The summed E-state index contributed by atoms with van der Waals surface area (Å²) in [5.41, 5.74) is 5.16. The minimum Gasteiger partial charge on any atom is -0.466 e. The third-order valence-corrected chi connectivity index (χ3v) is 4.58. The van der Waals surface area contributed by atoms with Crippen molar-refractivity contribution in [3.63, 3.8) is 0 Å². The molecule has 7 nitrogen and oxygen atoms in total. The number of nitrogens with zero attached hydrogens (tertiary/aromatic N) is 5. The fourth-order valence-electron chi connectivity index (χ4n) is 3.37. The maximum atomic E-state index is 12.0. The van der Waals surface area contributed by atoms with Crippen LogP contribution < -0.4 is 0 Å². The number of carbonyl (C=O) groups is 1. The second kappa shape index (κ2) is 9.11. The smallest absolute Gasteiger partial charge is 0.306 e. The summed E-state index contributed by atoms with van der Waals surface area (Å²) in [6, 6.07) is 4.07. The molecule has 0 atom stereocenters. The summed E-state index contributed by atoms with van der Waals surface area (Å²) in [7, 11) is 0. The molecule has 0 amide bonds. The highest BCUT2D eigenvalue weighted by molar-refractivity contribution is 5.96. The lowest BCUT2D eigenvalue weighted by Crippen LogP contribution is -2.08. The highest BCUT2D eigenvalue weighted by Crippen LogP contribution is 2.34. The van der Waals surface area contributed by atoms with Crippen LogP contribution in [0.15, 0.2) is 30.7 Å². The molecule has 3 aromatic heterocycles. The summed E-state index contributed by atoms with van der Waals surface area (Å²) in [6.45, 7) is 6.79. The molecular formula is C22H23N5O2. The second-order valence-electron chi connectivity index (χ2n) is 6.57. The number of allylic oxidation sites excluding steroid dienone is 1. The van der Waals surface area contributed by atoms with Crippen molar-refractivity contribution in [3.8, 4) is 17.2 Å². The SMILES string of the molecule is CCOC(=O)CCc1c(C=CC#N)nc2c(cnn2CC)c1-c1cncc(C)c1. The first kappa shape index (κ1) is 20.2. The lowest BCUT2D eigenvalue weighted by atomic mass is 9.93. The minimum absolute atomic E-state index is 0.225. The zero-order chi connectivity index (χ0) is 20.8. The number of carbonyl (C=O) groups excluding carboxylic acids is 1. The Labute approximate surface area is 169 Å². The fraction of sp³-hybridized carbons (Fsp3) is 0.318. The van der Waals surface area contributed by atoms with Gasteiger partial charge < -0.3 is 4.74 Å². The number of fused-ring (bicyclic) bond motifs is 1. The van der Waals surface area contributed by atoms with E-state index in [0.29, 0.717) is 25.3 Å². The van der Waals surface area contributed by atoms with Crippen molar-refractivity contribution in [2.24, 2.45) is 0 Å². The molecule has 3 aromatic rings. The molecule has 0 radical (unpaired) electrons. The second-order valence-corrected chi connectivity index (χ2v) is 6.57. The Kier molecular flexibility index (Phi) is 6.35. The molecule has 0 aliphatic rings. The average molecular weight is 389 g/mol. The van der Waals surface area contributed by atoms with Crippen LogP contribution in [0.4, 0.5) is 0 Å². The Morgan fingerprint density at radius 1 is 1.31 bits per heavy atom. The number of hydrogen-bond donors (Lipinski definition) is 0. The third-order valence-electron chi connectivity index (χ3n) is 4.58. The Hall–Kier alpha value is -3.53. The Morgan fingerprint density at radius 3 is 2.83 bits per heavy atom. The minimum atomic E-state index is -0.264. The van der Waals surface area contributed by atoms with Crippen molar-refractivity contribution in [1.82, 2.24) is 19.7 Å². The van der Waals surface area contributed by atoms with E-state index in [9.17, 15) is 4.79 Å². The van der Waals surface area contributed by atoms with Crippen LogP contribution >= 0.6 is 0 Å². The maximum absolute atomic E-state index is 12.0. The van der Waals surface area contributed by atoms with Crippen LogP contribution in [0.3, 0.4) is 0 Å². The molecule has 0 spiro atoms. The van der Waals surface area contributed by atoms with Crippen molar-refractivity contribution < 1.29 is 9.53 Å². The van der Waals surface area contributed by atoms with Gasteiger partial charge in [0.2, 0.25) is 0 Å². The van der Waals surface area contributed by atoms with E-state index >= 15 is 0 Å². The van der Waals surface area contributed by atoms with Crippen molar-refractivity contribution in [2.75, 3.05) is 6.61 Å². The van der Waals surface area contributed by atoms with Crippen LogP contribution in [0, 0.1) is 18.3 Å². The lowest BCUT2D eigenvalue weighted by Gasteiger charge is -2.15. The molecule has 0 aromatic carbocycles. The molecule has 148 valence electrons. The van der Waals surface area contributed by atoms with Gasteiger partial charge in [0.15, 0.2) is 5.65 Å². The van der Waals surface area contributed by atoms with E-state index in [1.54, 1.807) is 31.6 Å². The lowest BCUT2D eigenvalue weighted by molar-refractivity contribution is -0.143. The molecule has 0 fully saturated rings. The van der Waals surface area contributed by atoms with Crippen LogP contribution in [0.25, 0.3) is 28.2 Å². The highest BCUT2D eigenvalue weighted by Gasteiger charge is 2.20. The van der Waals surface area contributed by atoms with Gasteiger partial charge in [0.25, 0.3) is 0 Å². The average Bonchev–Trinajstić information content (AvgIpc) is 3.12. The summed E-state index contributed by atoms with van der Waals surface area (Å²) >= 11 is 0. The highest BCUT2D eigenvalue weighted by atomic mass is 16.5. The van der Waals surface area contributed by atoms with Crippen LogP contribution in [0.1, 0.15) is 37.1 Å². The van der Waals surface area contributed by atoms with Gasteiger partial charge in [0.05, 0.1) is 24.6 Å². The van der Waals surface area contributed by atoms with Gasteiger partial charge in [-0.15, -0.1) is 0 Å². The monoisotopic (exact) mass is 389 g/mol. The predicted molar refractivity (Wildman–Crippen MR) is 111 cm³/mol. The molecule has 0 saturated heterocycles. The molecule has 0 aliphatic carbocycles. The summed E-state index contributed by atoms with van der Waals surface area (Å²) in [5, 5.41) is 14.4. The summed E-state index contributed by atoms with van der Waals surface area (Å²) in [4.78, 5) is 21.1. The van der Waals surface area contributed by atoms with Crippen molar-refractivity contribution in [1.29, 1.82) is 5.26 Å². The normalized spacial score (nSPS) is 11.1. The molecule has 0 unspecified atom stereocenters. The van der Waals surface area contributed by atoms with Gasteiger partial charge in [0, 0.05) is 47.9 Å². The van der Waals surface area contributed by atoms with Crippen molar-refractivity contribution >= 4 is 23.1 Å². The molecule has 0 bridgehead atoms. The Balaban J connectivity index is 2.27. The fourth-order valence-corrected chi connectivity index (χ4v) is 3.37. The maximum Gasteiger partial charge on any atom is 0.306 e. The van der Waals surface area contributed by atoms with Crippen LogP contribution in [-0.4, -0.2) is 32.3 Å². The van der Waals surface area contributed by atoms with E-state index in [4.69, 9.17) is 15.0 Å². The molecule has 0 N–H and O–H groups in total. The van der Waals surface area contributed by atoms with Crippen LogP contribution in [0.2, 0.25) is 0 Å². The van der Waals surface area contributed by atoms with Crippen LogP contribution in [-0.2, 0) is 22.5 Å². The summed E-state index contributed by atoms with van der Waals surface area (Å²) in [5.74, 6) is -0.264. The van der Waals surface area contributed by atoms with E-state index in [-0.39, 0.29) is 12.4 Å². The third kappa shape index (κ3) is 4.32. The van der Waals surface area contributed by atoms with Crippen molar-refractivity contribution in [3.05, 3.63) is 47.6 Å². The van der Waals surface area contributed by atoms with E-state index in [0.717, 1.165) is 33.3 Å². The first-order chi connectivity index (χ1) is 14.1. The van der Waals surface area contributed by atoms with Crippen LogP contribution in [0.5, 0.6) is 0 Å². The van der Waals surface area contributed by atoms with Gasteiger partial charge in [0.1, 0.15) is 0 Å². The van der Waals surface area contributed by atoms with E-state index in [1.807, 2.05) is 24.6 Å². The predicted octanol–water partition coefficient (Wildman–Crippen LogP) is 3.85. The topological polar surface area (TPSA) is 93.7 Å². The number of aryl methyl sites for hydroxylation is 2. The van der Waals surface area contributed by atoms with Gasteiger partial charge in [-0.1, -0.05) is 0 Å². The number of nitriles is 1. The summed E-state index contributed by atoms with van der Waals surface area (Å²) < 4.78 is 6.92. The molecule has 29 heavy (non-hydrogen) atoms. The van der Waals surface area contributed by atoms with E-state index in [2.05, 4.69) is 16.1 Å². The standard InChI is InChI=1S/C22H23N5O2/c1-4-27-22-18(14-25-27)21(16-11-15(3)12-24-13-16)17(8-9-20(28)29-5-2)19(26-22)7-6-10-23/h6-7,11-14H,4-5,8-9H2,1-3H3. The molecule has 0 aliphatic heterocycles. The largest absolute Gasteiger partial charge is 0.466 e. The van der Waals surface area contributed by atoms with Gasteiger partial charge in [-0.3, -0.25) is 9.78 Å². The number of esters is 1. The molecule has 0 saturated carbocycles. The van der Waals surface area contributed by atoms with Gasteiger partial charge in [-0.2, -0.15) is 10.4 Å². The molecule has 7 heteroatoms. The first-order valence-electron chi connectivity index (χ1n) is 9.61. The van der Waals surface area contributed by atoms with Gasteiger partial charge >= 0.3 is 5.97 Å². The van der Waals surface area contributed by atoms with Crippen molar-refractivity contribution in [2.45, 2.75) is 40.2 Å². The zero-order valence-corrected chi connectivity index (χ0v) is 16.8. The zero-order valence-electron chi connectivity index (χ0n) is 16.8. The number of rotatable bonds is 7. The van der Waals surface area contributed by atoms with E-state index < -0.39 is 0 Å². The molecule has 3 rings (SSSR count).